The molecule has 0 saturated heterocycles. The lowest BCUT2D eigenvalue weighted by Gasteiger charge is -2.32. The van der Waals surface area contributed by atoms with E-state index in [2.05, 4.69) is 66.3 Å². The van der Waals surface area contributed by atoms with Gasteiger partial charge in [-0.05, 0) is 55.3 Å². The summed E-state index contributed by atoms with van der Waals surface area (Å²) in [5.41, 5.74) is 1.85. The number of hydrogen-bond donors (Lipinski definition) is 1. The quantitative estimate of drug-likeness (QED) is 0.680. The third-order valence-corrected chi connectivity index (χ3v) is 4.45. The van der Waals surface area contributed by atoms with Gasteiger partial charge in [-0.15, -0.1) is 0 Å². The van der Waals surface area contributed by atoms with Crippen molar-refractivity contribution in [1.82, 2.24) is 5.32 Å². The van der Waals surface area contributed by atoms with Crippen LogP contribution in [-0.2, 0) is 6.42 Å². The van der Waals surface area contributed by atoms with Gasteiger partial charge in [-0.25, -0.2) is 0 Å². The first kappa shape index (κ1) is 15.7. The molecular weight excluding hydrogens is 286 g/mol. The third kappa shape index (κ3) is 4.74. The van der Waals surface area contributed by atoms with E-state index in [0.29, 0.717) is 5.41 Å². The second kappa shape index (κ2) is 7.96. The van der Waals surface area contributed by atoms with Gasteiger partial charge in [0.15, 0.2) is 0 Å². The average molecular weight is 312 g/mol. The van der Waals surface area contributed by atoms with Gasteiger partial charge in [-0.3, -0.25) is 0 Å². The summed E-state index contributed by atoms with van der Waals surface area (Å²) < 4.78 is 1.16. The van der Waals surface area contributed by atoms with Crippen LogP contribution in [0, 0.1) is 5.41 Å². The van der Waals surface area contributed by atoms with Crippen molar-refractivity contribution in [2.75, 3.05) is 13.1 Å². The Labute approximate surface area is 120 Å². The van der Waals surface area contributed by atoms with Crippen LogP contribution in [0.1, 0.15) is 45.6 Å². The van der Waals surface area contributed by atoms with E-state index in [1.807, 2.05) is 0 Å². The Morgan fingerprint density at radius 2 is 1.67 bits per heavy atom. The van der Waals surface area contributed by atoms with E-state index in [-0.39, 0.29) is 0 Å². The maximum Gasteiger partial charge on any atom is 0.0175 e. The Morgan fingerprint density at radius 1 is 1.06 bits per heavy atom. The number of rotatable bonds is 8. The minimum atomic E-state index is 0.406. The van der Waals surface area contributed by atoms with Gasteiger partial charge in [0.2, 0.25) is 0 Å². The smallest absolute Gasteiger partial charge is 0.0175 e. The van der Waals surface area contributed by atoms with Crippen molar-refractivity contribution in [2.45, 2.75) is 46.5 Å². The van der Waals surface area contributed by atoms with Gasteiger partial charge in [-0.1, -0.05) is 48.8 Å². The van der Waals surface area contributed by atoms with Gasteiger partial charge in [0.25, 0.3) is 0 Å². The molecule has 1 nitrogen and oxygen atoms in total. The molecule has 0 fully saturated rings. The van der Waals surface area contributed by atoms with Crippen LogP contribution in [0.25, 0.3) is 0 Å². The monoisotopic (exact) mass is 311 g/mol. The van der Waals surface area contributed by atoms with Crippen LogP contribution >= 0.6 is 15.9 Å². The van der Waals surface area contributed by atoms with E-state index in [9.17, 15) is 0 Å². The summed E-state index contributed by atoms with van der Waals surface area (Å²) in [4.78, 5) is 0. The summed E-state index contributed by atoms with van der Waals surface area (Å²) in [5, 5.41) is 3.60. The molecule has 0 spiro atoms. The van der Waals surface area contributed by atoms with Crippen LogP contribution < -0.4 is 5.32 Å². The molecule has 0 aromatic heterocycles. The molecule has 0 aliphatic heterocycles. The zero-order valence-corrected chi connectivity index (χ0v) is 13.5. The molecule has 0 aliphatic carbocycles. The lowest BCUT2D eigenvalue weighted by atomic mass is 9.77. The molecule has 0 aliphatic rings. The minimum Gasteiger partial charge on any atom is -0.316 e. The van der Waals surface area contributed by atoms with Crippen LogP contribution in [0.3, 0.4) is 0 Å². The summed E-state index contributed by atoms with van der Waals surface area (Å²) in [7, 11) is 0. The standard InChI is InChI=1S/C16H26BrN/c1-4-11-18-13-16(5-2,6-3)12-14-7-9-15(17)10-8-14/h7-10,18H,4-6,11-13H2,1-3H3. The second-order valence-electron chi connectivity index (χ2n) is 5.19. The Hall–Kier alpha value is -0.340. The lowest BCUT2D eigenvalue weighted by Crippen LogP contribution is -2.35. The molecule has 0 atom stereocenters. The number of halogens is 1. The summed E-state index contributed by atoms with van der Waals surface area (Å²) in [5.74, 6) is 0. The highest BCUT2D eigenvalue weighted by Gasteiger charge is 2.25. The molecule has 1 rings (SSSR count). The maximum absolute atomic E-state index is 3.60. The second-order valence-corrected chi connectivity index (χ2v) is 6.10. The molecule has 0 bridgehead atoms. The van der Waals surface area contributed by atoms with Crippen molar-refractivity contribution in [2.24, 2.45) is 5.41 Å². The predicted octanol–water partition coefficient (Wildman–Crippen LogP) is 4.80. The van der Waals surface area contributed by atoms with E-state index >= 15 is 0 Å². The highest BCUT2D eigenvalue weighted by Crippen LogP contribution is 2.30. The Kier molecular flexibility index (Phi) is 6.95. The largest absolute Gasteiger partial charge is 0.316 e. The van der Waals surface area contributed by atoms with Crippen LogP contribution in [0.2, 0.25) is 0 Å². The molecule has 0 radical (unpaired) electrons. The van der Waals surface area contributed by atoms with Gasteiger partial charge >= 0.3 is 0 Å². The van der Waals surface area contributed by atoms with E-state index in [4.69, 9.17) is 0 Å². The molecule has 0 saturated carbocycles. The fourth-order valence-electron chi connectivity index (χ4n) is 2.38. The van der Waals surface area contributed by atoms with Crippen molar-refractivity contribution >= 4 is 15.9 Å². The van der Waals surface area contributed by atoms with Crippen LogP contribution in [0.5, 0.6) is 0 Å². The molecule has 0 unspecified atom stereocenters. The van der Waals surface area contributed by atoms with Crippen molar-refractivity contribution in [3.05, 3.63) is 34.3 Å². The molecule has 102 valence electrons. The van der Waals surface area contributed by atoms with Gasteiger partial charge in [-0.2, -0.15) is 0 Å². The highest BCUT2D eigenvalue weighted by atomic mass is 79.9. The van der Waals surface area contributed by atoms with Gasteiger partial charge in [0.1, 0.15) is 0 Å². The van der Waals surface area contributed by atoms with Crippen molar-refractivity contribution in [3.8, 4) is 0 Å². The first-order chi connectivity index (χ1) is 8.65. The molecule has 0 heterocycles. The molecule has 1 aromatic carbocycles. The average Bonchev–Trinajstić information content (AvgIpc) is 2.40. The zero-order valence-electron chi connectivity index (χ0n) is 11.9. The fraction of sp³-hybridized carbons (Fsp3) is 0.625. The SMILES string of the molecule is CCCNCC(CC)(CC)Cc1ccc(Br)cc1. The first-order valence-corrected chi connectivity index (χ1v) is 7.90. The summed E-state index contributed by atoms with van der Waals surface area (Å²) >= 11 is 3.50. The Morgan fingerprint density at radius 3 is 2.17 bits per heavy atom. The van der Waals surface area contributed by atoms with E-state index in [1.165, 1.54) is 31.2 Å². The summed E-state index contributed by atoms with van der Waals surface area (Å²) in [6.45, 7) is 9.11. The van der Waals surface area contributed by atoms with Crippen LogP contribution in [-0.4, -0.2) is 13.1 Å². The van der Waals surface area contributed by atoms with E-state index in [0.717, 1.165) is 17.6 Å². The van der Waals surface area contributed by atoms with E-state index < -0.39 is 0 Å². The molecular formula is C16H26BrN. The minimum absolute atomic E-state index is 0.406. The Balaban J connectivity index is 2.68. The van der Waals surface area contributed by atoms with E-state index in [1.54, 1.807) is 0 Å². The fourth-order valence-corrected chi connectivity index (χ4v) is 2.64. The van der Waals surface area contributed by atoms with Crippen LogP contribution in [0.15, 0.2) is 28.7 Å². The molecule has 18 heavy (non-hydrogen) atoms. The van der Waals surface area contributed by atoms with Gasteiger partial charge in [0.05, 0.1) is 0 Å². The number of benzene rings is 1. The predicted molar refractivity (Wildman–Crippen MR) is 84.0 cm³/mol. The van der Waals surface area contributed by atoms with Crippen molar-refractivity contribution in [3.63, 3.8) is 0 Å². The van der Waals surface area contributed by atoms with Gasteiger partial charge < -0.3 is 5.32 Å². The molecule has 0 amide bonds. The summed E-state index contributed by atoms with van der Waals surface area (Å²) in [6, 6.07) is 8.77. The lowest BCUT2D eigenvalue weighted by molar-refractivity contribution is 0.247. The van der Waals surface area contributed by atoms with Crippen molar-refractivity contribution in [1.29, 1.82) is 0 Å². The molecule has 1 aromatic rings. The topological polar surface area (TPSA) is 12.0 Å². The normalized spacial score (nSPS) is 11.8. The Bertz CT molecular complexity index is 327. The third-order valence-electron chi connectivity index (χ3n) is 3.92. The zero-order chi connectivity index (χ0) is 13.4. The first-order valence-electron chi connectivity index (χ1n) is 7.11. The van der Waals surface area contributed by atoms with Gasteiger partial charge in [0, 0.05) is 11.0 Å². The molecule has 1 N–H and O–H groups in total. The number of hydrogen-bond acceptors (Lipinski definition) is 1. The number of nitrogens with one attached hydrogen (secondary N) is 1. The molecule has 2 heteroatoms. The van der Waals surface area contributed by atoms with Crippen LogP contribution in [0.4, 0.5) is 0 Å². The van der Waals surface area contributed by atoms with Crippen molar-refractivity contribution < 1.29 is 0 Å². The highest BCUT2D eigenvalue weighted by molar-refractivity contribution is 9.10. The summed E-state index contributed by atoms with van der Waals surface area (Å²) in [6.07, 6.45) is 4.85. The maximum atomic E-state index is 3.60.